The molecule has 0 N–H and O–H groups in total. The molecular formula is C14H18F2O. The van der Waals surface area contributed by atoms with E-state index in [1.54, 1.807) is 6.08 Å². The maximum absolute atomic E-state index is 13.6. The molecule has 1 nitrogen and oxygen atoms in total. The summed E-state index contributed by atoms with van der Waals surface area (Å²) in [4.78, 5) is 0. The van der Waals surface area contributed by atoms with E-state index in [-0.39, 0.29) is 5.75 Å². The summed E-state index contributed by atoms with van der Waals surface area (Å²) in [6.07, 6.45) is 2.83. The van der Waals surface area contributed by atoms with Crippen molar-refractivity contribution in [2.75, 3.05) is 6.61 Å². The van der Waals surface area contributed by atoms with Crippen LogP contribution in [0.4, 0.5) is 8.78 Å². The van der Waals surface area contributed by atoms with Crippen molar-refractivity contribution in [2.24, 2.45) is 5.92 Å². The third kappa shape index (κ3) is 4.17. The lowest BCUT2D eigenvalue weighted by molar-refractivity contribution is 0.273. The van der Waals surface area contributed by atoms with Gasteiger partial charge < -0.3 is 4.74 Å². The molecular weight excluding hydrogens is 222 g/mol. The Balaban J connectivity index is 2.84. The first kappa shape index (κ1) is 13.7. The van der Waals surface area contributed by atoms with Crippen LogP contribution in [0.2, 0.25) is 0 Å². The highest BCUT2D eigenvalue weighted by atomic mass is 19.1. The Kier molecular flexibility index (Phi) is 5.13. The molecule has 1 rings (SSSR count). The normalized spacial score (nSPS) is 10.6. The Bertz CT molecular complexity index is 386. The van der Waals surface area contributed by atoms with Crippen molar-refractivity contribution in [2.45, 2.75) is 26.7 Å². The van der Waals surface area contributed by atoms with Gasteiger partial charge in [-0.25, -0.2) is 8.78 Å². The fourth-order valence-corrected chi connectivity index (χ4v) is 1.48. The number of benzene rings is 1. The van der Waals surface area contributed by atoms with Crippen molar-refractivity contribution < 1.29 is 13.5 Å². The van der Waals surface area contributed by atoms with Crippen LogP contribution in [0.3, 0.4) is 0 Å². The van der Waals surface area contributed by atoms with Gasteiger partial charge in [-0.2, -0.15) is 0 Å². The zero-order valence-electron chi connectivity index (χ0n) is 10.3. The molecule has 1 aromatic carbocycles. The third-order valence-electron chi connectivity index (χ3n) is 2.39. The number of allylic oxidation sites excluding steroid dienone is 1. The fraction of sp³-hybridized carbons (Fsp3) is 0.429. The Morgan fingerprint density at radius 1 is 1.35 bits per heavy atom. The van der Waals surface area contributed by atoms with Crippen LogP contribution in [0, 0.1) is 17.6 Å². The van der Waals surface area contributed by atoms with E-state index in [0.717, 1.165) is 12.5 Å². The van der Waals surface area contributed by atoms with Crippen LogP contribution in [0.15, 0.2) is 24.8 Å². The van der Waals surface area contributed by atoms with Gasteiger partial charge in [0.15, 0.2) is 11.6 Å². The van der Waals surface area contributed by atoms with Gasteiger partial charge in [0.1, 0.15) is 5.82 Å². The minimum atomic E-state index is -0.648. The van der Waals surface area contributed by atoms with Gasteiger partial charge in [0.05, 0.1) is 6.61 Å². The first-order chi connectivity index (χ1) is 8.04. The molecule has 0 saturated carbocycles. The van der Waals surface area contributed by atoms with E-state index in [9.17, 15) is 8.78 Å². The predicted molar refractivity (Wildman–Crippen MR) is 65.2 cm³/mol. The highest BCUT2D eigenvalue weighted by molar-refractivity contribution is 5.36. The minimum absolute atomic E-state index is 0.145. The van der Waals surface area contributed by atoms with Crippen molar-refractivity contribution >= 4 is 0 Å². The SMILES string of the molecule is C=CCc1cc(F)cc(F)c1OCCC(C)C. The predicted octanol–water partition coefficient (Wildman–Crippen LogP) is 4.12. The van der Waals surface area contributed by atoms with Crippen molar-refractivity contribution in [3.8, 4) is 5.75 Å². The summed E-state index contributed by atoms with van der Waals surface area (Å²) < 4.78 is 32.0. The molecule has 0 amide bonds. The number of hydrogen-bond donors (Lipinski definition) is 0. The van der Waals surface area contributed by atoms with Crippen LogP contribution in [0.5, 0.6) is 5.75 Å². The van der Waals surface area contributed by atoms with Gasteiger partial charge in [0, 0.05) is 11.6 Å². The average molecular weight is 240 g/mol. The monoisotopic (exact) mass is 240 g/mol. The maximum atomic E-state index is 13.6. The Morgan fingerprint density at radius 2 is 2.06 bits per heavy atom. The maximum Gasteiger partial charge on any atom is 0.168 e. The molecule has 0 spiro atoms. The van der Waals surface area contributed by atoms with E-state index < -0.39 is 11.6 Å². The van der Waals surface area contributed by atoms with Crippen molar-refractivity contribution in [3.63, 3.8) is 0 Å². The van der Waals surface area contributed by atoms with Crippen LogP contribution < -0.4 is 4.74 Å². The van der Waals surface area contributed by atoms with Gasteiger partial charge in [0.2, 0.25) is 0 Å². The molecule has 0 aliphatic carbocycles. The van der Waals surface area contributed by atoms with Gasteiger partial charge in [-0.3, -0.25) is 0 Å². The number of ether oxygens (including phenoxy) is 1. The van der Waals surface area contributed by atoms with Gasteiger partial charge >= 0.3 is 0 Å². The molecule has 0 heterocycles. The van der Waals surface area contributed by atoms with Crippen LogP contribution in [-0.2, 0) is 6.42 Å². The molecule has 0 aliphatic heterocycles. The van der Waals surface area contributed by atoms with Gasteiger partial charge in [-0.15, -0.1) is 6.58 Å². The van der Waals surface area contributed by atoms with Crippen molar-refractivity contribution in [1.29, 1.82) is 0 Å². The second-order valence-corrected chi connectivity index (χ2v) is 4.40. The lowest BCUT2D eigenvalue weighted by Crippen LogP contribution is -2.05. The molecule has 0 aliphatic rings. The summed E-state index contributed by atoms with van der Waals surface area (Å²) in [6.45, 7) is 8.13. The topological polar surface area (TPSA) is 9.23 Å². The molecule has 0 atom stereocenters. The number of rotatable bonds is 6. The highest BCUT2D eigenvalue weighted by Crippen LogP contribution is 2.25. The van der Waals surface area contributed by atoms with Crippen LogP contribution >= 0.6 is 0 Å². The van der Waals surface area contributed by atoms with Crippen molar-refractivity contribution in [3.05, 3.63) is 42.0 Å². The number of halogens is 2. The molecule has 0 fully saturated rings. The smallest absolute Gasteiger partial charge is 0.168 e. The summed E-state index contributed by atoms with van der Waals surface area (Å²) in [5.41, 5.74) is 0.501. The molecule has 3 heteroatoms. The van der Waals surface area contributed by atoms with E-state index in [1.165, 1.54) is 6.07 Å². The summed E-state index contributed by atoms with van der Waals surface area (Å²) in [6, 6.07) is 2.13. The highest BCUT2D eigenvalue weighted by Gasteiger charge is 2.12. The van der Waals surface area contributed by atoms with Crippen LogP contribution in [0.25, 0.3) is 0 Å². The molecule has 0 aromatic heterocycles. The van der Waals surface area contributed by atoms with Crippen molar-refractivity contribution in [1.82, 2.24) is 0 Å². The van der Waals surface area contributed by atoms with Crippen LogP contribution in [0.1, 0.15) is 25.8 Å². The van der Waals surface area contributed by atoms with Gasteiger partial charge in [0.25, 0.3) is 0 Å². The summed E-state index contributed by atoms with van der Waals surface area (Å²) in [5.74, 6) is -0.602. The first-order valence-corrected chi connectivity index (χ1v) is 5.76. The molecule has 0 bridgehead atoms. The first-order valence-electron chi connectivity index (χ1n) is 5.76. The zero-order chi connectivity index (χ0) is 12.8. The van der Waals surface area contributed by atoms with E-state index >= 15 is 0 Å². The Labute approximate surface area is 101 Å². The van der Waals surface area contributed by atoms with E-state index in [1.807, 2.05) is 0 Å². The lowest BCUT2D eigenvalue weighted by Gasteiger charge is -2.12. The fourth-order valence-electron chi connectivity index (χ4n) is 1.48. The summed E-state index contributed by atoms with van der Waals surface area (Å²) in [5, 5.41) is 0. The molecule has 0 saturated heterocycles. The van der Waals surface area contributed by atoms with E-state index in [2.05, 4.69) is 20.4 Å². The molecule has 94 valence electrons. The summed E-state index contributed by atoms with van der Waals surface area (Å²) >= 11 is 0. The van der Waals surface area contributed by atoms with E-state index in [0.29, 0.717) is 24.5 Å². The molecule has 0 unspecified atom stereocenters. The second-order valence-electron chi connectivity index (χ2n) is 4.40. The molecule has 1 aromatic rings. The zero-order valence-corrected chi connectivity index (χ0v) is 10.3. The number of hydrogen-bond acceptors (Lipinski definition) is 1. The summed E-state index contributed by atoms with van der Waals surface area (Å²) in [7, 11) is 0. The quantitative estimate of drug-likeness (QED) is 0.680. The van der Waals surface area contributed by atoms with Gasteiger partial charge in [-0.05, 0) is 24.8 Å². The largest absolute Gasteiger partial charge is 0.490 e. The second kappa shape index (κ2) is 6.38. The van der Waals surface area contributed by atoms with Gasteiger partial charge in [-0.1, -0.05) is 19.9 Å². The van der Waals surface area contributed by atoms with Crippen LogP contribution in [-0.4, -0.2) is 6.61 Å². The molecule has 17 heavy (non-hydrogen) atoms. The van der Waals surface area contributed by atoms with E-state index in [4.69, 9.17) is 4.74 Å². The average Bonchev–Trinajstić information content (AvgIpc) is 2.21. The minimum Gasteiger partial charge on any atom is -0.490 e. The lowest BCUT2D eigenvalue weighted by atomic mass is 10.1. The third-order valence-corrected chi connectivity index (χ3v) is 2.39. The molecule has 0 radical (unpaired) electrons. The Hall–Kier alpha value is -1.38. The Morgan fingerprint density at radius 3 is 2.65 bits per heavy atom. The standard InChI is InChI=1S/C14H18F2O/c1-4-5-11-8-12(15)9-13(16)14(11)17-7-6-10(2)3/h4,8-10H,1,5-7H2,2-3H3.